The Morgan fingerprint density at radius 2 is 1.67 bits per heavy atom. The van der Waals surface area contributed by atoms with Crippen molar-refractivity contribution >= 4 is 34.1 Å². The summed E-state index contributed by atoms with van der Waals surface area (Å²) in [6.45, 7) is 5.10. The van der Waals surface area contributed by atoms with Gasteiger partial charge in [0.05, 0.1) is 18.3 Å². The van der Waals surface area contributed by atoms with Gasteiger partial charge in [-0.1, -0.05) is 69.2 Å². The van der Waals surface area contributed by atoms with Crippen LogP contribution in [0.5, 0.6) is 5.75 Å². The van der Waals surface area contributed by atoms with Crippen molar-refractivity contribution in [3.63, 3.8) is 0 Å². The van der Waals surface area contributed by atoms with Crippen molar-refractivity contribution in [3.8, 4) is 5.75 Å². The Morgan fingerprint density at radius 1 is 0.944 bits per heavy atom. The van der Waals surface area contributed by atoms with Crippen LogP contribution < -0.4 is 4.74 Å². The van der Waals surface area contributed by atoms with E-state index in [1.807, 2.05) is 30.5 Å². The van der Waals surface area contributed by atoms with E-state index in [0.717, 1.165) is 70.0 Å². The van der Waals surface area contributed by atoms with Gasteiger partial charge in [-0.05, 0) is 76.6 Å². The van der Waals surface area contributed by atoms with Crippen LogP contribution in [-0.4, -0.2) is 27.9 Å². The Balaban J connectivity index is 1.75. The summed E-state index contributed by atoms with van der Waals surface area (Å²) in [4.78, 5) is 10.9. The number of aliphatic carboxylic acids is 1. The third-order valence-electron chi connectivity index (χ3n) is 6.22. The summed E-state index contributed by atoms with van der Waals surface area (Å²) in [6.07, 6.45) is 8.86. The van der Waals surface area contributed by atoms with E-state index in [-0.39, 0.29) is 0 Å². The van der Waals surface area contributed by atoms with E-state index in [9.17, 15) is 4.79 Å². The summed E-state index contributed by atoms with van der Waals surface area (Å²) >= 11 is 0. The molecule has 0 aliphatic heterocycles. The molecule has 0 amide bonds. The predicted octanol–water partition coefficient (Wildman–Crippen LogP) is 7.60. The van der Waals surface area contributed by atoms with Gasteiger partial charge in [-0.3, -0.25) is 5.10 Å². The average Bonchev–Trinajstić information content (AvgIpc) is 3.37. The number of H-pyrrole nitrogens is 1. The van der Waals surface area contributed by atoms with E-state index in [0.29, 0.717) is 0 Å². The normalized spacial score (nSPS) is 12.2. The van der Waals surface area contributed by atoms with Gasteiger partial charge in [0.15, 0.2) is 0 Å². The molecule has 3 aromatic carbocycles. The first-order valence-electron chi connectivity index (χ1n) is 12.5. The maximum atomic E-state index is 10.9. The predicted molar refractivity (Wildman–Crippen MR) is 147 cm³/mol. The van der Waals surface area contributed by atoms with Gasteiger partial charge in [0.2, 0.25) is 0 Å². The number of carboxylic acids is 1. The molecule has 5 heteroatoms. The second kappa shape index (κ2) is 12.0. The third-order valence-corrected chi connectivity index (χ3v) is 6.22. The number of nitrogens with zero attached hydrogens (tertiary/aromatic N) is 1. The molecule has 0 aliphatic carbocycles. The topological polar surface area (TPSA) is 75.2 Å². The number of carboxylic acid groups (broad SMARTS) is 1. The summed E-state index contributed by atoms with van der Waals surface area (Å²) in [6, 6.07) is 22.7. The van der Waals surface area contributed by atoms with Crippen LogP contribution in [0.25, 0.3) is 28.1 Å². The minimum atomic E-state index is -0.959. The molecule has 0 saturated carbocycles. The summed E-state index contributed by atoms with van der Waals surface area (Å²) < 4.78 is 5.92. The van der Waals surface area contributed by atoms with Crippen LogP contribution in [0.2, 0.25) is 0 Å². The molecule has 4 aromatic rings. The lowest BCUT2D eigenvalue weighted by molar-refractivity contribution is -0.131. The third kappa shape index (κ3) is 6.11. The standard InChI is InChI=1S/C31H32N2O3/c1-3-5-6-19-36-27-15-12-23(13-16-27)28(4-2)31(25-14-17-29-26(20-25)21-32-33-29)24-10-7-22(8-11-24)9-18-30(34)35/h7-18,20-21H,3-6,19H2,1-2H3,(H,32,33)(H,34,35)/b18-9+,31-28+. The molecule has 2 N–H and O–H groups in total. The molecule has 36 heavy (non-hydrogen) atoms. The largest absolute Gasteiger partial charge is 0.494 e. The molecule has 0 bridgehead atoms. The minimum absolute atomic E-state index is 0.738. The SMILES string of the molecule is CCCCCOc1ccc(/C(CC)=C(\c2ccc(/C=C/C(=O)O)cc2)c2ccc3[nH]ncc3c2)cc1. The van der Waals surface area contributed by atoms with E-state index in [1.54, 1.807) is 6.08 Å². The Kier molecular flexibility index (Phi) is 8.35. The highest BCUT2D eigenvalue weighted by molar-refractivity contribution is 6.00. The van der Waals surface area contributed by atoms with E-state index in [2.05, 4.69) is 66.5 Å². The monoisotopic (exact) mass is 480 g/mol. The number of benzene rings is 3. The lowest BCUT2D eigenvalue weighted by Gasteiger charge is -2.17. The zero-order chi connectivity index (χ0) is 25.3. The number of hydrogen-bond acceptors (Lipinski definition) is 3. The summed E-state index contributed by atoms with van der Waals surface area (Å²) in [7, 11) is 0. The first-order chi connectivity index (χ1) is 17.6. The quantitative estimate of drug-likeness (QED) is 0.132. The second-order valence-electron chi connectivity index (χ2n) is 8.75. The number of hydrogen-bond donors (Lipinski definition) is 2. The van der Waals surface area contributed by atoms with Crippen molar-refractivity contribution in [3.05, 3.63) is 101 Å². The second-order valence-corrected chi connectivity index (χ2v) is 8.75. The first kappa shape index (κ1) is 25.0. The highest BCUT2D eigenvalue weighted by Gasteiger charge is 2.14. The molecule has 4 rings (SSSR count). The van der Waals surface area contributed by atoms with Crippen LogP contribution in [0.4, 0.5) is 0 Å². The lowest BCUT2D eigenvalue weighted by Crippen LogP contribution is -1.98. The van der Waals surface area contributed by atoms with Gasteiger partial charge < -0.3 is 9.84 Å². The summed E-state index contributed by atoms with van der Waals surface area (Å²) in [5.74, 6) is -0.0691. The number of fused-ring (bicyclic) bond motifs is 1. The van der Waals surface area contributed by atoms with Crippen molar-refractivity contribution in [2.45, 2.75) is 39.5 Å². The molecule has 0 aliphatic rings. The molecule has 1 heterocycles. The van der Waals surface area contributed by atoms with E-state index >= 15 is 0 Å². The van der Waals surface area contributed by atoms with Gasteiger partial charge >= 0.3 is 5.97 Å². The van der Waals surface area contributed by atoms with E-state index in [1.165, 1.54) is 18.4 Å². The van der Waals surface area contributed by atoms with Gasteiger partial charge in [0, 0.05) is 11.5 Å². The number of aromatic nitrogens is 2. The molecular weight excluding hydrogens is 448 g/mol. The fraction of sp³-hybridized carbons (Fsp3) is 0.226. The van der Waals surface area contributed by atoms with Crippen LogP contribution in [0.1, 0.15) is 61.8 Å². The molecule has 1 aromatic heterocycles. The molecule has 0 saturated heterocycles. The van der Waals surface area contributed by atoms with Crippen LogP contribution in [0.3, 0.4) is 0 Å². The van der Waals surface area contributed by atoms with Crippen molar-refractivity contribution in [1.82, 2.24) is 10.2 Å². The number of allylic oxidation sites excluding steroid dienone is 1. The number of rotatable bonds is 11. The fourth-order valence-electron chi connectivity index (χ4n) is 4.36. The van der Waals surface area contributed by atoms with Gasteiger partial charge in [-0.15, -0.1) is 0 Å². The molecule has 5 nitrogen and oxygen atoms in total. The van der Waals surface area contributed by atoms with Crippen molar-refractivity contribution in [2.24, 2.45) is 0 Å². The highest BCUT2D eigenvalue weighted by Crippen LogP contribution is 2.36. The molecule has 0 unspecified atom stereocenters. The summed E-state index contributed by atoms with van der Waals surface area (Å²) in [5.41, 5.74) is 7.53. The number of nitrogens with one attached hydrogen (secondary N) is 1. The minimum Gasteiger partial charge on any atom is -0.494 e. The van der Waals surface area contributed by atoms with Crippen LogP contribution >= 0.6 is 0 Å². The van der Waals surface area contributed by atoms with Gasteiger partial charge in [0.1, 0.15) is 5.75 Å². The number of unbranched alkanes of at least 4 members (excludes halogenated alkanes) is 2. The molecule has 0 fully saturated rings. The van der Waals surface area contributed by atoms with Crippen molar-refractivity contribution < 1.29 is 14.6 Å². The Morgan fingerprint density at radius 3 is 2.36 bits per heavy atom. The van der Waals surface area contributed by atoms with Gasteiger partial charge in [-0.2, -0.15) is 5.10 Å². The molecular formula is C31H32N2O3. The molecule has 0 atom stereocenters. The van der Waals surface area contributed by atoms with Crippen LogP contribution in [0.15, 0.2) is 79.0 Å². The number of carbonyl (C=O) groups is 1. The molecule has 0 spiro atoms. The first-order valence-corrected chi connectivity index (χ1v) is 12.5. The van der Waals surface area contributed by atoms with Crippen molar-refractivity contribution in [1.29, 1.82) is 0 Å². The Labute approximate surface area is 212 Å². The van der Waals surface area contributed by atoms with Gasteiger partial charge in [-0.25, -0.2) is 4.79 Å². The number of aromatic amines is 1. The molecule has 184 valence electrons. The maximum absolute atomic E-state index is 10.9. The highest BCUT2D eigenvalue weighted by atomic mass is 16.5. The Bertz CT molecular complexity index is 1360. The van der Waals surface area contributed by atoms with E-state index in [4.69, 9.17) is 9.84 Å². The van der Waals surface area contributed by atoms with E-state index < -0.39 is 5.97 Å². The average molecular weight is 481 g/mol. The van der Waals surface area contributed by atoms with Crippen molar-refractivity contribution in [2.75, 3.05) is 6.61 Å². The summed E-state index contributed by atoms with van der Waals surface area (Å²) in [5, 5.41) is 17.2. The van der Waals surface area contributed by atoms with Crippen LogP contribution in [0, 0.1) is 0 Å². The lowest BCUT2D eigenvalue weighted by atomic mass is 9.87. The molecule has 0 radical (unpaired) electrons. The Hall–Kier alpha value is -4.12. The zero-order valence-electron chi connectivity index (χ0n) is 20.8. The fourth-order valence-corrected chi connectivity index (χ4v) is 4.36. The maximum Gasteiger partial charge on any atom is 0.328 e. The van der Waals surface area contributed by atoms with Gasteiger partial charge in [0.25, 0.3) is 0 Å². The zero-order valence-corrected chi connectivity index (χ0v) is 20.8. The number of ether oxygens (including phenoxy) is 1. The smallest absolute Gasteiger partial charge is 0.328 e. The van der Waals surface area contributed by atoms with Crippen LogP contribution in [-0.2, 0) is 4.79 Å².